The van der Waals surface area contributed by atoms with Crippen molar-refractivity contribution in [3.63, 3.8) is 0 Å². The van der Waals surface area contributed by atoms with E-state index in [0.29, 0.717) is 12.4 Å². The summed E-state index contributed by atoms with van der Waals surface area (Å²) in [4.78, 5) is 0. The second-order valence-electron chi connectivity index (χ2n) is 7.80. The van der Waals surface area contributed by atoms with Crippen molar-refractivity contribution in [2.24, 2.45) is 16.7 Å². The van der Waals surface area contributed by atoms with Crippen LogP contribution >= 0.6 is 11.6 Å². The van der Waals surface area contributed by atoms with Crippen LogP contribution in [-0.2, 0) is 10.0 Å². The molecule has 3 unspecified atom stereocenters. The van der Waals surface area contributed by atoms with E-state index in [9.17, 15) is 8.42 Å². The molecule has 5 heteroatoms. The van der Waals surface area contributed by atoms with Gasteiger partial charge in [0.05, 0.1) is 5.75 Å². The third-order valence-electron chi connectivity index (χ3n) is 4.48. The van der Waals surface area contributed by atoms with Gasteiger partial charge in [-0.15, -0.1) is 11.6 Å². The van der Waals surface area contributed by atoms with Crippen LogP contribution in [0.5, 0.6) is 0 Å². The molecule has 112 valence electrons. The van der Waals surface area contributed by atoms with Gasteiger partial charge < -0.3 is 0 Å². The van der Waals surface area contributed by atoms with Crippen LogP contribution in [0.2, 0.25) is 0 Å². The Labute approximate surface area is 122 Å². The minimum atomic E-state index is -3.16. The van der Waals surface area contributed by atoms with Crippen LogP contribution < -0.4 is 0 Å². The number of rotatable bonds is 4. The maximum Gasteiger partial charge on any atom is 0.214 e. The average Bonchev–Trinajstić information content (AvgIpc) is 2.47. The molecule has 0 spiro atoms. The molecule has 2 rings (SSSR count). The van der Waals surface area contributed by atoms with Gasteiger partial charge in [0.1, 0.15) is 0 Å². The van der Waals surface area contributed by atoms with Gasteiger partial charge in [-0.2, -0.15) is 4.31 Å². The summed E-state index contributed by atoms with van der Waals surface area (Å²) in [5, 5.41) is 0. The number of sulfonamides is 1. The average molecular weight is 308 g/mol. The Bertz CT molecular complexity index is 448. The lowest BCUT2D eigenvalue weighted by atomic mass is 9.65. The van der Waals surface area contributed by atoms with Gasteiger partial charge in [-0.25, -0.2) is 8.42 Å². The molecule has 3 nitrogen and oxygen atoms in total. The van der Waals surface area contributed by atoms with Gasteiger partial charge in [0.15, 0.2) is 0 Å². The first kappa shape index (κ1) is 15.6. The first-order chi connectivity index (χ1) is 8.57. The minimum absolute atomic E-state index is 0.0212. The van der Waals surface area contributed by atoms with Crippen molar-refractivity contribution in [2.75, 3.05) is 18.2 Å². The summed E-state index contributed by atoms with van der Waals surface area (Å²) in [7, 11) is -3.16. The fraction of sp³-hybridized carbons (Fsp3) is 1.00. The quantitative estimate of drug-likeness (QED) is 0.748. The lowest BCUT2D eigenvalue weighted by Crippen LogP contribution is -2.40. The predicted molar refractivity (Wildman–Crippen MR) is 79.9 cm³/mol. The molecule has 3 atom stereocenters. The third-order valence-corrected chi connectivity index (χ3v) is 7.14. The van der Waals surface area contributed by atoms with Crippen molar-refractivity contribution >= 4 is 21.6 Å². The minimum Gasteiger partial charge on any atom is -0.212 e. The SMILES string of the molecule is CC(CCl)CS(=O)(=O)N1CC2(C)CC1CC(C)(C)C2. The van der Waals surface area contributed by atoms with E-state index in [2.05, 4.69) is 20.8 Å². The first-order valence-corrected chi connectivity index (χ1v) is 9.27. The van der Waals surface area contributed by atoms with Gasteiger partial charge >= 0.3 is 0 Å². The maximum absolute atomic E-state index is 12.6. The Balaban J connectivity index is 2.19. The van der Waals surface area contributed by atoms with Crippen molar-refractivity contribution in [1.29, 1.82) is 0 Å². The van der Waals surface area contributed by atoms with Crippen LogP contribution in [0.1, 0.15) is 47.0 Å². The highest BCUT2D eigenvalue weighted by Crippen LogP contribution is 2.53. The highest BCUT2D eigenvalue weighted by atomic mass is 35.5. The topological polar surface area (TPSA) is 37.4 Å². The maximum atomic E-state index is 12.6. The van der Waals surface area contributed by atoms with Gasteiger partial charge in [0.25, 0.3) is 0 Å². The molecule has 1 heterocycles. The molecule has 0 radical (unpaired) electrons. The van der Waals surface area contributed by atoms with E-state index in [1.165, 1.54) is 0 Å². The molecule has 19 heavy (non-hydrogen) atoms. The number of fused-ring (bicyclic) bond motifs is 2. The number of hydrogen-bond acceptors (Lipinski definition) is 2. The summed E-state index contributed by atoms with van der Waals surface area (Å²) < 4.78 is 26.9. The van der Waals surface area contributed by atoms with Crippen LogP contribution in [0.25, 0.3) is 0 Å². The van der Waals surface area contributed by atoms with Gasteiger partial charge in [-0.3, -0.25) is 0 Å². The van der Waals surface area contributed by atoms with Crippen LogP contribution in [-0.4, -0.2) is 36.9 Å². The molecular weight excluding hydrogens is 282 g/mol. The zero-order valence-electron chi connectivity index (χ0n) is 12.4. The first-order valence-electron chi connectivity index (χ1n) is 7.12. The van der Waals surface area contributed by atoms with Crippen molar-refractivity contribution in [2.45, 2.75) is 53.0 Å². The Morgan fingerprint density at radius 1 is 1.32 bits per heavy atom. The van der Waals surface area contributed by atoms with Crippen LogP contribution in [0.3, 0.4) is 0 Å². The predicted octanol–water partition coefficient (Wildman–Crippen LogP) is 3.09. The highest BCUT2D eigenvalue weighted by Gasteiger charge is 2.52. The number of alkyl halides is 1. The molecule has 1 saturated carbocycles. The van der Waals surface area contributed by atoms with Crippen LogP contribution in [0.15, 0.2) is 0 Å². The molecule has 2 fully saturated rings. The lowest BCUT2D eigenvalue weighted by Gasteiger charge is -2.39. The largest absolute Gasteiger partial charge is 0.214 e. The van der Waals surface area contributed by atoms with E-state index in [0.717, 1.165) is 19.3 Å². The summed E-state index contributed by atoms with van der Waals surface area (Å²) >= 11 is 5.77. The number of halogens is 1. The molecular formula is C14H26ClNO2S. The Morgan fingerprint density at radius 2 is 1.95 bits per heavy atom. The van der Waals surface area contributed by atoms with E-state index < -0.39 is 10.0 Å². The van der Waals surface area contributed by atoms with Crippen molar-refractivity contribution in [3.8, 4) is 0 Å². The number of hydrogen-bond donors (Lipinski definition) is 0. The second kappa shape index (κ2) is 4.88. The van der Waals surface area contributed by atoms with Gasteiger partial charge in [-0.05, 0) is 36.0 Å². The van der Waals surface area contributed by atoms with Crippen LogP contribution in [0, 0.1) is 16.7 Å². The molecule has 1 aliphatic carbocycles. The standard InChI is InChI=1S/C14H26ClNO2S/c1-11(7-15)8-19(17,18)16-10-14(4)6-12(16)5-13(2,3)9-14/h11-12H,5-10H2,1-4H3. The summed E-state index contributed by atoms with van der Waals surface area (Å²) in [6.07, 6.45) is 3.12. The van der Waals surface area contributed by atoms with E-state index >= 15 is 0 Å². The Hall–Kier alpha value is 0.200. The zero-order chi connectivity index (χ0) is 14.5. The number of nitrogens with zero attached hydrogens (tertiary/aromatic N) is 1. The Morgan fingerprint density at radius 3 is 2.53 bits per heavy atom. The molecule has 2 aliphatic rings. The molecule has 0 aromatic heterocycles. The molecule has 0 amide bonds. The fourth-order valence-electron chi connectivity index (χ4n) is 4.23. The van der Waals surface area contributed by atoms with Crippen LogP contribution in [0.4, 0.5) is 0 Å². The molecule has 0 N–H and O–H groups in total. The van der Waals surface area contributed by atoms with Crippen molar-refractivity contribution < 1.29 is 8.42 Å². The summed E-state index contributed by atoms with van der Waals surface area (Å²) in [6.45, 7) is 9.35. The van der Waals surface area contributed by atoms with E-state index in [1.54, 1.807) is 4.31 Å². The van der Waals surface area contributed by atoms with E-state index in [4.69, 9.17) is 11.6 Å². The third kappa shape index (κ3) is 3.27. The van der Waals surface area contributed by atoms with Crippen molar-refractivity contribution in [1.82, 2.24) is 4.31 Å². The molecule has 1 aliphatic heterocycles. The molecule has 2 bridgehead atoms. The second-order valence-corrected chi connectivity index (χ2v) is 10.1. The highest BCUT2D eigenvalue weighted by molar-refractivity contribution is 7.89. The molecule has 0 aromatic carbocycles. The Kier molecular flexibility index (Phi) is 4.01. The smallest absolute Gasteiger partial charge is 0.212 e. The monoisotopic (exact) mass is 307 g/mol. The summed E-state index contributed by atoms with van der Waals surface area (Å²) in [5.74, 6) is 0.609. The molecule has 1 saturated heterocycles. The van der Waals surface area contributed by atoms with E-state index in [-0.39, 0.29) is 28.5 Å². The summed E-state index contributed by atoms with van der Waals surface area (Å²) in [6, 6.07) is 0.196. The summed E-state index contributed by atoms with van der Waals surface area (Å²) in [5.41, 5.74) is 0.406. The van der Waals surface area contributed by atoms with Gasteiger partial charge in [0, 0.05) is 18.5 Å². The van der Waals surface area contributed by atoms with Gasteiger partial charge in [-0.1, -0.05) is 27.7 Å². The zero-order valence-corrected chi connectivity index (χ0v) is 14.0. The van der Waals surface area contributed by atoms with Gasteiger partial charge in [0.2, 0.25) is 10.0 Å². The normalized spacial score (nSPS) is 36.4. The van der Waals surface area contributed by atoms with E-state index in [1.807, 2.05) is 6.92 Å². The fourth-order valence-corrected chi connectivity index (χ4v) is 6.61. The van der Waals surface area contributed by atoms with Crippen molar-refractivity contribution in [3.05, 3.63) is 0 Å². The lowest BCUT2D eigenvalue weighted by molar-refractivity contribution is 0.133. The molecule has 0 aromatic rings.